The van der Waals surface area contributed by atoms with Gasteiger partial charge in [0.25, 0.3) is 0 Å². The minimum absolute atomic E-state index is 0.122. The lowest BCUT2D eigenvalue weighted by atomic mass is 9.97. The molecule has 2 aromatic carbocycles. The van der Waals surface area contributed by atoms with E-state index in [-0.39, 0.29) is 10.9 Å². The first-order valence-electron chi connectivity index (χ1n) is 6.70. The number of amides is 1. The SMILES string of the molecule is Cc1ccccc1N(C)C(=O)C(C(N)=S)c1ccccc1. The molecule has 3 nitrogen and oxygen atoms in total. The second-order valence-corrected chi connectivity index (χ2v) is 5.40. The first-order valence-corrected chi connectivity index (χ1v) is 7.10. The lowest BCUT2D eigenvalue weighted by Gasteiger charge is -2.24. The molecule has 0 aromatic heterocycles. The van der Waals surface area contributed by atoms with Crippen LogP contribution in [0.1, 0.15) is 17.0 Å². The summed E-state index contributed by atoms with van der Waals surface area (Å²) in [6.07, 6.45) is 0. The molecule has 0 radical (unpaired) electrons. The Hall–Kier alpha value is -2.20. The summed E-state index contributed by atoms with van der Waals surface area (Å²) in [6, 6.07) is 17.1. The van der Waals surface area contributed by atoms with Crippen LogP contribution in [0, 0.1) is 6.92 Å². The summed E-state index contributed by atoms with van der Waals surface area (Å²) in [5.41, 5.74) is 8.51. The first kappa shape index (κ1) is 15.2. The lowest BCUT2D eigenvalue weighted by molar-refractivity contribution is -0.118. The Labute approximate surface area is 130 Å². The predicted molar refractivity (Wildman–Crippen MR) is 90.6 cm³/mol. The van der Waals surface area contributed by atoms with Crippen LogP contribution >= 0.6 is 12.2 Å². The molecule has 0 heterocycles. The van der Waals surface area contributed by atoms with Crippen LogP contribution in [0.2, 0.25) is 0 Å². The van der Waals surface area contributed by atoms with E-state index in [2.05, 4.69) is 0 Å². The summed E-state index contributed by atoms with van der Waals surface area (Å²) < 4.78 is 0. The number of carbonyl (C=O) groups is 1. The number of anilines is 1. The molecule has 2 N–H and O–H groups in total. The zero-order valence-electron chi connectivity index (χ0n) is 12.1. The van der Waals surface area contributed by atoms with E-state index in [1.54, 1.807) is 11.9 Å². The van der Waals surface area contributed by atoms with Gasteiger partial charge < -0.3 is 10.6 Å². The standard InChI is InChI=1S/C17H18N2OS/c1-12-8-6-7-11-14(12)19(2)17(20)15(16(18)21)13-9-4-3-5-10-13/h3-11,15H,1-2H3,(H2,18,21). The van der Waals surface area contributed by atoms with Crippen LogP contribution in [-0.4, -0.2) is 17.9 Å². The predicted octanol–water partition coefficient (Wildman–Crippen LogP) is 3.03. The molecule has 108 valence electrons. The van der Waals surface area contributed by atoms with Crippen molar-refractivity contribution < 1.29 is 4.79 Å². The minimum Gasteiger partial charge on any atom is -0.392 e. The Balaban J connectivity index is 2.36. The Morgan fingerprint density at radius 3 is 2.24 bits per heavy atom. The molecule has 0 aliphatic rings. The van der Waals surface area contributed by atoms with E-state index in [1.165, 1.54) is 0 Å². The highest BCUT2D eigenvalue weighted by Gasteiger charge is 2.27. The third-order valence-corrected chi connectivity index (χ3v) is 3.71. The van der Waals surface area contributed by atoms with Crippen LogP contribution in [-0.2, 0) is 4.79 Å². The van der Waals surface area contributed by atoms with Crippen molar-refractivity contribution in [3.63, 3.8) is 0 Å². The van der Waals surface area contributed by atoms with E-state index < -0.39 is 5.92 Å². The molecule has 1 unspecified atom stereocenters. The highest BCUT2D eigenvalue weighted by Crippen LogP contribution is 2.24. The molecule has 0 spiro atoms. The van der Waals surface area contributed by atoms with Crippen molar-refractivity contribution in [2.45, 2.75) is 12.8 Å². The number of hydrogen-bond acceptors (Lipinski definition) is 2. The quantitative estimate of drug-likeness (QED) is 0.883. The van der Waals surface area contributed by atoms with Crippen LogP contribution in [0.15, 0.2) is 54.6 Å². The number of nitrogens with zero attached hydrogens (tertiary/aromatic N) is 1. The van der Waals surface area contributed by atoms with Crippen molar-refractivity contribution in [1.82, 2.24) is 0 Å². The van der Waals surface area contributed by atoms with E-state index in [1.807, 2.05) is 61.5 Å². The minimum atomic E-state index is -0.606. The molecule has 0 fully saturated rings. The van der Waals surface area contributed by atoms with E-state index in [0.29, 0.717) is 0 Å². The highest BCUT2D eigenvalue weighted by molar-refractivity contribution is 7.80. The maximum absolute atomic E-state index is 12.8. The zero-order valence-corrected chi connectivity index (χ0v) is 12.9. The van der Waals surface area contributed by atoms with Crippen molar-refractivity contribution in [3.8, 4) is 0 Å². The molecule has 1 atom stereocenters. The Bertz CT molecular complexity index is 655. The molecule has 4 heteroatoms. The molecule has 0 saturated heterocycles. The molecule has 2 rings (SSSR count). The maximum atomic E-state index is 12.8. The number of aryl methyl sites for hydroxylation is 1. The normalized spacial score (nSPS) is 11.7. The fourth-order valence-electron chi connectivity index (χ4n) is 2.33. The van der Waals surface area contributed by atoms with Crippen molar-refractivity contribution in [1.29, 1.82) is 0 Å². The van der Waals surface area contributed by atoms with Gasteiger partial charge in [0.05, 0.1) is 4.99 Å². The molecular formula is C17H18N2OS. The average molecular weight is 298 g/mol. The van der Waals surface area contributed by atoms with Gasteiger partial charge in [0.1, 0.15) is 5.92 Å². The van der Waals surface area contributed by atoms with Crippen molar-refractivity contribution >= 4 is 28.8 Å². The highest BCUT2D eigenvalue weighted by atomic mass is 32.1. The molecule has 2 aromatic rings. The van der Waals surface area contributed by atoms with Gasteiger partial charge in [-0.2, -0.15) is 0 Å². The van der Waals surface area contributed by atoms with Gasteiger partial charge in [0, 0.05) is 12.7 Å². The Morgan fingerprint density at radius 2 is 1.67 bits per heavy atom. The number of benzene rings is 2. The van der Waals surface area contributed by atoms with Gasteiger partial charge in [-0.1, -0.05) is 60.7 Å². The Morgan fingerprint density at radius 1 is 1.10 bits per heavy atom. The van der Waals surface area contributed by atoms with E-state index in [0.717, 1.165) is 16.8 Å². The molecule has 0 saturated carbocycles. The largest absolute Gasteiger partial charge is 0.392 e. The number of likely N-dealkylation sites (N-methyl/N-ethyl adjacent to an activating group) is 1. The molecule has 1 amide bonds. The summed E-state index contributed by atoms with van der Waals surface area (Å²) in [5, 5.41) is 0. The molecular weight excluding hydrogens is 280 g/mol. The lowest BCUT2D eigenvalue weighted by Crippen LogP contribution is -2.38. The monoisotopic (exact) mass is 298 g/mol. The van der Waals surface area contributed by atoms with Crippen molar-refractivity contribution in [2.75, 3.05) is 11.9 Å². The number of thiocarbonyl (C=S) groups is 1. The average Bonchev–Trinajstić information content (AvgIpc) is 2.48. The van der Waals surface area contributed by atoms with Gasteiger partial charge in [0.2, 0.25) is 5.91 Å². The fraction of sp³-hybridized carbons (Fsp3) is 0.176. The van der Waals surface area contributed by atoms with Crippen molar-refractivity contribution in [3.05, 3.63) is 65.7 Å². The Kier molecular flexibility index (Phi) is 4.70. The summed E-state index contributed by atoms with van der Waals surface area (Å²) >= 11 is 5.11. The molecule has 0 aliphatic carbocycles. The number of nitrogens with two attached hydrogens (primary N) is 1. The summed E-state index contributed by atoms with van der Waals surface area (Å²) in [6.45, 7) is 1.97. The van der Waals surface area contributed by atoms with Crippen LogP contribution in [0.3, 0.4) is 0 Å². The van der Waals surface area contributed by atoms with Crippen LogP contribution < -0.4 is 10.6 Å². The van der Waals surface area contributed by atoms with Crippen LogP contribution in [0.5, 0.6) is 0 Å². The van der Waals surface area contributed by atoms with Crippen molar-refractivity contribution in [2.24, 2.45) is 5.73 Å². The summed E-state index contributed by atoms with van der Waals surface area (Å²) in [7, 11) is 1.75. The number of carbonyl (C=O) groups excluding carboxylic acids is 1. The van der Waals surface area contributed by atoms with Gasteiger partial charge >= 0.3 is 0 Å². The van der Waals surface area contributed by atoms with E-state index in [9.17, 15) is 4.79 Å². The van der Waals surface area contributed by atoms with E-state index in [4.69, 9.17) is 18.0 Å². The third-order valence-electron chi connectivity index (χ3n) is 3.47. The van der Waals surface area contributed by atoms with Crippen LogP contribution in [0.4, 0.5) is 5.69 Å². The zero-order chi connectivity index (χ0) is 15.4. The summed E-state index contributed by atoms with van der Waals surface area (Å²) in [4.78, 5) is 14.6. The summed E-state index contributed by atoms with van der Waals surface area (Å²) in [5.74, 6) is -0.728. The fourth-order valence-corrected chi connectivity index (χ4v) is 2.56. The smallest absolute Gasteiger partial charge is 0.241 e. The van der Waals surface area contributed by atoms with Gasteiger partial charge in [-0.3, -0.25) is 4.79 Å². The first-order chi connectivity index (χ1) is 10.0. The molecule has 0 bridgehead atoms. The van der Waals surface area contributed by atoms with Gasteiger partial charge in [-0.05, 0) is 24.1 Å². The van der Waals surface area contributed by atoms with Gasteiger partial charge in [-0.15, -0.1) is 0 Å². The number of hydrogen-bond donors (Lipinski definition) is 1. The van der Waals surface area contributed by atoms with E-state index >= 15 is 0 Å². The van der Waals surface area contributed by atoms with Gasteiger partial charge in [0.15, 0.2) is 0 Å². The topological polar surface area (TPSA) is 46.3 Å². The van der Waals surface area contributed by atoms with Gasteiger partial charge in [-0.25, -0.2) is 0 Å². The molecule has 21 heavy (non-hydrogen) atoms. The second kappa shape index (κ2) is 6.50. The number of rotatable bonds is 4. The number of para-hydroxylation sites is 1. The third kappa shape index (κ3) is 3.28. The van der Waals surface area contributed by atoms with Crippen LogP contribution in [0.25, 0.3) is 0 Å². The maximum Gasteiger partial charge on any atom is 0.241 e. The second-order valence-electron chi connectivity index (χ2n) is 4.93. The molecule has 0 aliphatic heterocycles.